The molecule has 1 heterocycles. The number of ether oxygens (including phenoxy) is 2. The van der Waals surface area contributed by atoms with Crippen molar-refractivity contribution >= 4 is 35.5 Å². The normalized spacial score (nSPS) is 18.5. The summed E-state index contributed by atoms with van der Waals surface area (Å²) in [7, 11) is 1.57. The summed E-state index contributed by atoms with van der Waals surface area (Å²) < 4.78 is 24.7. The van der Waals surface area contributed by atoms with E-state index >= 15 is 0 Å². The number of carbonyl (C=O) groups is 2. The topological polar surface area (TPSA) is 116 Å². The number of aliphatic imine (C=N–C) groups is 1. The van der Waals surface area contributed by atoms with E-state index in [1.165, 1.54) is 35.4 Å². The molecule has 3 rings (SSSR count). The number of hydrogen-bond acceptors (Lipinski definition) is 7. The molecule has 0 aromatic heterocycles. The predicted molar refractivity (Wildman–Crippen MR) is 147 cm³/mol. The maximum Gasteiger partial charge on any atom is 0.410 e. The summed E-state index contributed by atoms with van der Waals surface area (Å²) in [4.78, 5) is 30.7. The molecule has 2 amide bonds. The standard InChI is InChI=1S/C28H31ClFN5O4/c1-6-38-24-14-22-19(26(17(15-31)16-32-22)33-18-9-10-21(30)20(29)12-18)13-23(24)34-25(36)8-7-11-35(5)27(37)39-28(2,3)4/h7-10,12-14,16,19,22,33H,6,11H2,1-5H3,(H,34,36)/b8-7+. The van der Waals surface area contributed by atoms with Gasteiger partial charge in [0.1, 0.15) is 23.2 Å². The van der Waals surface area contributed by atoms with Crippen molar-refractivity contribution in [3.63, 3.8) is 0 Å². The van der Waals surface area contributed by atoms with Crippen molar-refractivity contribution in [1.29, 1.82) is 5.26 Å². The van der Waals surface area contributed by atoms with Crippen LogP contribution in [0.1, 0.15) is 27.7 Å². The zero-order chi connectivity index (χ0) is 28.7. The van der Waals surface area contributed by atoms with Crippen molar-refractivity contribution in [3.8, 4) is 6.07 Å². The summed E-state index contributed by atoms with van der Waals surface area (Å²) in [6.45, 7) is 7.66. The van der Waals surface area contributed by atoms with Crippen molar-refractivity contribution in [1.82, 2.24) is 10.2 Å². The number of nitriles is 1. The third kappa shape index (κ3) is 7.94. The van der Waals surface area contributed by atoms with Gasteiger partial charge in [0.25, 0.3) is 0 Å². The lowest BCUT2D eigenvalue weighted by Crippen LogP contribution is -2.34. The molecular weight excluding hydrogens is 525 g/mol. The number of amides is 2. The van der Waals surface area contributed by atoms with Gasteiger partial charge in [0.2, 0.25) is 5.91 Å². The second kappa shape index (κ2) is 12.6. The van der Waals surface area contributed by atoms with Crippen LogP contribution >= 0.6 is 11.6 Å². The Morgan fingerprint density at radius 1 is 1.31 bits per heavy atom. The maximum atomic E-state index is 13.7. The van der Waals surface area contributed by atoms with Gasteiger partial charge in [0.15, 0.2) is 0 Å². The van der Waals surface area contributed by atoms with Crippen molar-refractivity contribution in [2.75, 3.05) is 25.5 Å². The van der Waals surface area contributed by atoms with Crippen molar-refractivity contribution in [2.24, 2.45) is 10.9 Å². The van der Waals surface area contributed by atoms with Crippen LogP contribution in [0.25, 0.3) is 0 Å². The van der Waals surface area contributed by atoms with Gasteiger partial charge in [0, 0.05) is 43.2 Å². The van der Waals surface area contributed by atoms with Crippen LogP contribution in [0.15, 0.2) is 70.2 Å². The molecule has 2 N–H and O–H groups in total. The summed E-state index contributed by atoms with van der Waals surface area (Å²) in [6.07, 6.45) is 7.35. The van der Waals surface area contributed by atoms with Gasteiger partial charge in [-0.05, 0) is 58.0 Å². The zero-order valence-corrected chi connectivity index (χ0v) is 23.2. The lowest BCUT2D eigenvalue weighted by Gasteiger charge is -2.31. The molecule has 206 valence electrons. The van der Waals surface area contributed by atoms with Crippen LogP contribution in [-0.2, 0) is 14.3 Å². The fourth-order valence-electron chi connectivity index (χ4n) is 3.77. The summed E-state index contributed by atoms with van der Waals surface area (Å²) >= 11 is 5.94. The molecule has 1 aromatic carbocycles. The first-order chi connectivity index (χ1) is 18.4. The largest absolute Gasteiger partial charge is 0.492 e. The first kappa shape index (κ1) is 29.5. The molecule has 0 saturated heterocycles. The number of rotatable bonds is 8. The smallest absolute Gasteiger partial charge is 0.410 e. The van der Waals surface area contributed by atoms with Gasteiger partial charge >= 0.3 is 6.09 Å². The van der Waals surface area contributed by atoms with Crippen molar-refractivity contribution in [3.05, 3.63) is 76.1 Å². The van der Waals surface area contributed by atoms with E-state index < -0.39 is 35.4 Å². The van der Waals surface area contributed by atoms with E-state index in [9.17, 15) is 19.2 Å². The summed E-state index contributed by atoms with van der Waals surface area (Å²) in [5.74, 6) is -1.01. The molecule has 0 fully saturated rings. The maximum absolute atomic E-state index is 13.7. The van der Waals surface area contributed by atoms with Gasteiger partial charge in [-0.25, -0.2) is 9.18 Å². The number of nitrogens with one attached hydrogen (secondary N) is 2. The highest BCUT2D eigenvalue weighted by molar-refractivity contribution is 6.31. The van der Waals surface area contributed by atoms with Crippen LogP contribution < -0.4 is 10.6 Å². The van der Waals surface area contributed by atoms with Gasteiger partial charge < -0.3 is 25.0 Å². The molecule has 0 radical (unpaired) electrons. The van der Waals surface area contributed by atoms with Gasteiger partial charge in [-0.1, -0.05) is 17.7 Å². The minimum absolute atomic E-state index is 0.0603. The van der Waals surface area contributed by atoms with E-state index in [2.05, 4.69) is 21.7 Å². The molecule has 1 aliphatic carbocycles. The lowest BCUT2D eigenvalue weighted by atomic mass is 9.86. The molecule has 9 nitrogen and oxygen atoms in total. The zero-order valence-electron chi connectivity index (χ0n) is 22.4. The average molecular weight is 556 g/mol. The van der Waals surface area contributed by atoms with Gasteiger partial charge in [-0.3, -0.25) is 9.79 Å². The van der Waals surface area contributed by atoms with Crippen LogP contribution in [0.2, 0.25) is 5.02 Å². The van der Waals surface area contributed by atoms with Gasteiger partial charge in [-0.2, -0.15) is 5.26 Å². The Hall–Kier alpha value is -4.10. The van der Waals surface area contributed by atoms with E-state index in [4.69, 9.17) is 21.1 Å². The molecule has 0 saturated carbocycles. The van der Waals surface area contributed by atoms with Crippen LogP contribution in [0, 0.1) is 23.1 Å². The molecule has 11 heteroatoms. The molecule has 1 aliphatic heterocycles. The van der Waals surface area contributed by atoms with E-state index in [1.54, 1.807) is 46.0 Å². The van der Waals surface area contributed by atoms with Crippen LogP contribution in [-0.4, -0.2) is 55.0 Å². The number of benzene rings is 1. The molecule has 2 unspecified atom stereocenters. The number of halogens is 2. The van der Waals surface area contributed by atoms with E-state index in [-0.39, 0.29) is 17.1 Å². The fraction of sp³-hybridized carbons (Fsp3) is 0.357. The average Bonchev–Trinajstić information content (AvgIpc) is 2.86. The quantitative estimate of drug-likeness (QED) is 0.431. The first-order valence-electron chi connectivity index (χ1n) is 12.3. The third-order valence-electron chi connectivity index (χ3n) is 5.53. The highest BCUT2D eigenvalue weighted by Gasteiger charge is 2.33. The van der Waals surface area contributed by atoms with E-state index in [0.717, 1.165) is 0 Å². The van der Waals surface area contributed by atoms with Gasteiger partial charge in [0.05, 0.1) is 28.9 Å². The SMILES string of the molecule is CCOC1=CC2N=CC(C#N)=C(Nc3ccc(F)c(Cl)c3)C2C=C1NC(=O)/C=C/CN(C)C(=O)OC(C)(C)C. The van der Waals surface area contributed by atoms with Crippen LogP contribution in [0.4, 0.5) is 14.9 Å². The number of allylic oxidation sites excluding steroid dienone is 1. The second-order valence-corrected chi connectivity index (χ2v) is 10.2. The Labute approximate surface area is 232 Å². The highest BCUT2D eigenvalue weighted by Crippen LogP contribution is 2.35. The number of fused-ring (bicyclic) bond motifs is 1. The Morgan fingerprint density at radius 3 is 2.69 bits per heavy atom. The molecule has 39 heavy (non-hydrogen) atoms. The molecule has 1 aromatic rings. The minimum Gasteiger partial charge on any atom is -0.492 e. The van der Waals surface area contributed by atoms with Crippen molar-refractivity contribution < 1.29 is 23.5 Å². The lowest BCUT2D eigenvalue weighted by molar-refractivity contribution is -0.115. The Kier molecular flexibility index (Phi) is 9.54. The third-order valence-corrected chi connectivity index (χ3v) is 5.82. The Morgan fingerprint density at radius 2 is 2.05 bits per heavy atom. The van der Waals surface area contributed by atoms with Gasteiger partial charge in [-0.15, -0.1) is 0 Å². The van der Waals surface area contributed by atoms with E-state index in [1.807, 2.05) is 6.92 Å². The second-order valence-electron chi connectivity index (χ2n) is 9.78. The number of carbonyl (C=O) groups excluding carboxylic acids is 2. The monoisotopic (exact) mass is 555 g/mol. The number of nitrogens with zero attached hydrogens (tertiary/aromatic N) is 3. The summed E-state index contributed by atoms with van der Waals surface area (Å²) in [6, 6.07) is 5.89. The number of dihydropyridines is 1. The summed E-state index contributed by atoms with van der Waals surface area (Å²) in [5, 5.41) is 15.6. The summed E-state index contributed by atoms with van der Waals surface area (Å²) in [5.41, 5.74) is 1.08. The van der Waals surface area contributed by atoms with E-state index in [0.29, 0.717) is 29.4 Å². The minimum atomic E-state index is -0.626. The molecule has 2 aliphatic rings. The van der Waals surface area contributed by atoms with Crippen LogP contribution in [0.3, 0.4) is 0 Å². The fourth-order valence-corrected chi connectivity index (χ4v) is 3.95. The Bertz CT molecular complexity index is 1320. The number of likely N-dealkylation sites (N-methyl/N-ethyl adjacent to an activating group) is 1. The Balaban J connectivity index is 1.80. The molecule has 0 bridgehead atoms. The van der Waals surface area contributed by atoms with Crippen molar-refractivity contribution in [2.45, 2.75) is 39.3 Å². The first-order valence-corrected chi connectivity index (χ1v) is 12.7. The molecule has 2 atom stereocenters. The molecular formula is C28H31ClFN5O4. The number of anilines is 1. The predicted octanol–water partition coefficient (Wildman–Crippen LogP) is 5.10. The van der Waals surface area contributed by atoms with Crippen LogP contribution in [0.5, 0.6) is 0 Å². The number of hydrogen-bond donors (Lipinski definition) is 2. The highest BCUT2D eigenvalue weighted by atomic mass is 35.5. The molecule has 0 spiro atoms.